The lowest BCUT2D eigenvalue weighted by Gasteiger charge is -2.32. The van der Waals surface area contributed by atoms with E-state index in [1.807, 2.05) is 25.1 Å². The van der Waals surface area contributed by atoms with Crippen molar-refractivity contribution in [3.05, 3.63) is 41.9 Å². The molecule has 2 aromatic rings. The molecule has 7 nitrogen and oxygen atoms in total. The van der Waals surface area contributed by atoms with Gasteiger partial charge in [0.2, 0.25) is 0 Å². The molecule has 2 aliphatic rings. The quantitative estimate of drug-likeness (QED) is 0.590. The molecule has 4 rings (SSSR count). The molecule has 0 radical (unpaired) electrons. The molecular formula is C21H27N5O2. The smallest absolute Gasteiger partial charge is 0.132 e. The van der Waals surface area contributed by atoms with Gasteiger partial charge in [-0.25, -0.2) is 9.97 Å². The Morgan fingerprint density at radius 1 is 1.36 bits per heavy atom. The summed E-state index contributed by atoms with van der Waals surface area (Å²) in [5.74, 6) is 1.56. The van der Waals surface area contributed by atoms with Gasteiger partial charge in [0, 0.05) is 30.4 Å². The number of anilines is 2. The Hall–Kier alpha value is -2.67. The van der Waals surface area contributed by atoms with Crippen LogP contribution in [0.3, 0.4) is 0 Å². The van der Waals surface area contributed by atoms with E-state index in [0.717, 1.165) is 43.9 Å². The van der Waals surface area contributed by atoms with Crippen molar-refractivity contribution in [2.75, 3.05) is 30.3 Å². The molecule has 0 unspecified atom stereocenters. The largest absolute Gasteiger partial charge is 0.487 e. The van der Waals surface area contributed by atoms with Crippen LogP contribution < -0.4 is 15.4 Å². The summed E-state index contributed by atoms with van der Waals surface area (Å²) in [6.45, 7) is 6.41. The second kappa shape index (κ2) is 7.39. The Bertz CT molecular complexity index is 881. The lowest BCUT2D eigenvalue weighted by molar-refractivity contribution is 0.0529. The molecule has 1 aliphatic carbocycles. The van der Waals surface area contributed by atoms with E-state index in [-0.39, 0.29) is 17.4 Å². The Morgan fingerprint density at radius 3 is 2.89 bits per heavy atom. The predicted octanol–water partition coefficient (Wildman–Crippen LogP) is 3.02. The Morgan fingerprint density at radius 2 is 2.18 bits per heavy atom. The average molecular weight is 381 g/mol. The molecule has 0 bridgehead atoms. The first-order valence-electron chi connectivity index (χ1n) is 9.86. The third-order valence-electron chi connectivity index (χ3n) is 5.55. The monoisotopic (exact) mass is 381 g/mol. The Balaban J connectivity index is 1.58. The van der Waals surface area contributed by atoms with Crippen molar-refractivity contribution in [1.82, 2.24) is 9.97 Å². The Labute approximate surface area is 165 Å². The highest BCUT2D eigenvalue weighted by Crippen LogP contribution is 2.43. The molecule has 28 heavy (non-hydrogen) atoms. The molecule has 148 valence electrons. The van der Waals surface area contributed by atoms with Gasteiger partial charge in [-0.05, 0) is 44.4 Å². The molecule has 1 atom stereocenters. The maximum atomic E-state index is 8.68. The molecular weight excluding hydrogens is 354 g/mol. The van der Waals surface area contributed by atoms with Gasteiger partial charge < -0.3 is 20.1 Å². The molecule has 1 aliphatic heterocycles. The van der Waals surface area contributed by atoms with Crippen molar-refractivity contribution in [2.45, 2.75) is 44.8 Å². The summed E-state index contributed by atoms with van der Waals surface area (Å²) in [4.78, 5) is 10.9. The molecule has 1 aromatic carbocycles. The highest BCUT2D eigenvalue weighted by molar-refractivity contribution is 6.13. The molecule has 2 fully saturated rings. The number of rotatable bonds is 6. The minimum absolute atomic E-state index is 0.0370. The van der Waals surface area contributed by atoms with Crippen molar-refractivity contribution in [3.63, 3.8) is 0 Å². The van der Waals surface area contributed by atoms with Crippen LogP contribution in [0.1, 0.15) is 44.4 Å². The summed E-state index contributed by atoms with van der Waals surface area (Å²) in [6.07, 6.45) is 4.80. The third kappa shape index (κ3) is 3.80. The van der Waals surface area contributed by atoms with Crippen LogP contribution in [0.25, 0.3) is 0 Å². The van der Waals surface area contributed by atoms with Crippen molar-refractivity contribution >= 4 is 17.2 Å². The molecule has 7 heteroatoms. The summed E-state index contributed by atoms with van der Waals surface area (Å²) in [5.41, 5.74) is 8.12. The first-order valence-corrected chi connectivity index (χ1v) is 9.86. The van der Waals surface area contributed by atoms with Crippen molar-refractivity contribution < 1.29 is 9.47 Å². The highest BCUT2D eigenvalue weighted by atomic mass is 16.5. The molecule has 0 amide bonds. The topological polar surface area (TPSA) is 97.4 Å². The number of nitrogen functional groups attached to an aromatic ring is 1. The third-order valence-corrected chi connectivity index (χ3v) is 5.55. The molecule has 1 saturated heterocycles. The standard InChI is InChI=1S/C21H27N5O2/c1-3-21(6-7-21)28-15-4-5-17(22)16(10-15)20(23)18-11-19(25-13-24-18)26-8-9-27-14(2)12-26/h4-5,10-11,13-14,23H,3,6-9,12,22H2,1-2H3/t14-/m0/s1. The van der Waals surface area contributed by atoms with E-state index in [2.05, 4.69) is 21.8 Å². The normalized spacial score (nSPS) is 20.6. The summed E-state index contributed by atoms with van der Waals surface area (Å²) >= 11 is 0. The fourth-order valence-corrected chi connectivity index (χ4v) is 3.55. The van der Waals surface area contributed by atoms with Gasteiger partial charge in [0.05, 0.1) is 24.1 Å². The van der Waals surface area contributed by atoms with Crippen molar-refractivity contribution in [3.8, 4) is 5.75 Å². The predicted molar refractivity (Wildman–Crippen MR) is 109 cm³/mol. The van der Waals surface area contributed by atoms with Crippen LogP contribution in [-0.2, 0) is 4.74 Å². The van der Waals surface area contributed by atoms with E-state index in [4.69, 9.17) is 20.6 Å². The van der Waals surface area contributed by atoms with E-state index in [1.165, 1.54) is 6.33 Å². The van der Waals surface area contributed by atoms with Crippen LogP contribution in [0.4, 0.5) is 11.5 Å². The van der Waals surface area contributed by atoms with Crippen LogP contribution in [-0.4, -0.2) is 47.1 Å². The van der Waals surface area contributed by atoms with Crippen LogP contribution >= 0.6 is 0 Å². The number of hydrogen-bond donors (Lipinski definition) is 2. The van der Waals surface area contributed by atoms with Crippen molar-refractivity contribution in [2.24, 2.45) is 0 Å². The fourth-order valence-electron chi connectivity index (χ4n) is 3.55. The maximum Gasteiger partial charge on any atom is 0.132 e. The lowest BCUT2D eigenvalue weighted by Crippen LogP contribution is -2.41. The van der Waals surface area contributed by atoms with Gasteiger partial charge in [-0.3, -0.25) is 5.41 Å². The number of hydrogen-bond acceptors (Lipinski definition) is 7. The second-order valence-corrected chi connectivity index (χ2v) is 7.65. The maximum absolute atomic E-state index is 8.68. The molecule has 3 N–H and O–H groups in total. The van der Waals surface area contributed by atoms with E-state index in [9.17, 15) is 0 Å². The first-order chi connectivity index (χ1) is 13.5. The molecule has 1 aromatic heterocycles. The van der Waals surface area contributed by atoms with Crippen molar-refractivity contribution in [1.29, 1.82) is 5.41 Å². The molecule has 2 heterocycles. The van der Waals surface area contributed by atoms with Gasteiger partial charge in [-0.1, -0.05) is 6.92 Å². The first kappa shape index (κ1) is 18.7. The Kier molecular flexibility index (Phi) is 4.93. The summed E-state index contributed by atoms with van der Waals surface area (Å²) < 4.78 is 11.8. The number of nitrogens with two attached hydrogens (primary N) is 1. The van der Waals surface area contributed by atoms with Crippen LogP contribution in [0.2, 0.25) is 0 Å². The minimum atomic E-state index is -0.0370. The van der Waals surface area contributed by atoms with Gasteiger partial charge in [-0.15, -0.1) is 0 Å². The van der Waals surface area contributed by atoms with Gasteiger partial charge >= 0.3 is 0 Å². The number of morpholine rings is 1. The summed E-state index contributed by atoms with van der Waals surface area (Å²) in [6, 6.07) is 7.38. The zero-order valence-corrected chi connectivity index (χ0v) is 16.4. The average Bonchev–Trinajstić information content (AvgIpc) is 3.49. The van der Waals surface area contributed by atoms with E-state index >= 15 is 0 Å². The zero-order valence-electron chi connectivity index (χ0n) is 16.4. The number of nitrogens with zero attached hydrogens (tertiary/aromatic N) is 3. The van der Waals surface area contributed by atoms with E-state index in [1.54, 1.807) is 6.07 Å². The SMILES string of the molecule is CCC1(Oc2ccc(N)c(C(=N)c3cc(N4CCO[C@@H](C)C4)ncn3)c2)CC1. The van der Waals surface area contributed by atoms with Crippen LogP contribution in [0.15, 0.2) is 30.6 Å². The van der Waals surface area contributed by atoms with Gasteiger partial charge in [0.15, 0.2) is 0 Å². The second-order valence-electron chi connectivity index (χ2n) is 7.65. The number of aromatic nitrogens is 2. The molecule has 0 spiro atoms. The minimum Gasteiger partial charge on any atom is -0.487 e. The number of benzene rings is 1. The lowest BCUT2D eigenvalue weighted by atomic mass is 10.0. The highest BCUT2D eigenvalue weighted by Gasteiger charge is 2.43. The van der Waals surface area contributed by atoms with E-state index in [0.29, 0.717) is 23.6 Å². The fraction of sp³-hybridized carbons (Fsp3) is 0.476. The van der Waals surface area contributed by atoms with Gasteiger partial charge in [0.25, 0.3) is 0 Å². The number of nitrogens with one attached hydrogen (secondary N) is 1. The van der Waals surface area contributed by atoms with Gasteiger partial charge in [0.1, 0.15) is 23.5 Å². The van der Waals surface area contributed by atoms with Gasteiger partial charge in [-0.2, -0.15) is 0 Å². The summed E-state index contributed by atoms with van der Waals surface area (Å²) in [5, 5.41) is 8.68. The molecule has 1 saturated carbocycles. The zero-order chi connectivity index (χ0) is 19.7. The van der Waals surface area contributed by atoms with E-state index < -0.39 is 0 Å². The van der Waals surface area contributed by atoms with Crippen LogP contribution in [0, 0.1) is 5.41 Å². The van der Waals surface area contributed by atoms with Crippen LogP contribution in [0.5, 0.6) is 5.75 Å². The number of ether oxygens (including phenoxy) is 2. The summed E-state index contributed by atoms with van der Waals surface area (Å²) in [7, 11) is 0.